The van der Waals surface area contributed by atoms with Gasteiger partial charge in [0.1, 0.15) is 13.2 Å². The molecule has 128 valence electrons. The Morgan fingerprint density at radius 1 is 1.28 bits per heavy atom. The Labute approximate surface area is 154 Å². The summed E-state index contributed by atoms with van der Waals surface area (Å²) >= 11 is 7.68. The van der Waals surface area contributed by atoms with Gasteiger partial charge in [0, 0.05) is 11.4 Å². The van der Waals surface area contributed by atoms with E-state index in [-0.39, 0.29) is 5.91 Å². The predicted molar refractivity (Wildman–Crippen MR) is 98.4 cm³/mol. The Bertz CT molecular complexity index is 836. The van der Waals surface area contributed by atoms with Gasteiger partial charge in [-0.2, -0.15) is 5.26 Å². The topological polar surface area (TPSA) is 71.4 Å². The van der Waals surface area contributed by atoms with Gasteiger partial charge in [-0.1, -0.05) is 17.7 Å². The number of carbonyl (C=O) groups excluding carboxylic acids is 1. The molecule has 0 saturated carbocycles. The molecule has 5 nitrogen and oxygen atoms in total. The zero-order valence-corrected chi connectivity index (χ0v) is 14.8. The Morgan fingerprint density at radius 2 is 2.12 bits per heavy atom. The van der Waals surface area contributed by atoms with Crippen LogP contribution in [0.5, 0.6) is 11.5 Å². The Kier molecular flexibility index (Phi) is 5.69. The number of hydrogen-bond acceptors (Lipinski definition) is 5. The number of nitrogens with one attached hydrogen (secondary N) is 1. The number of anilines is 1. The number of rotatable bonds is 5. The van der Waals surface area contributed by atoms with Crippen LogP contribution in [0.3, 0.4) is 0 Å². The number of amides is 1. The van der Waals surface area contributed by atoms with Gasteiger partial charge in [-0.25, -0.2) is 0 Å². The summed E-state index contributed by atoms with van der Waals surface area (Å²) in [5.74, 6) is 2.03. The van der Waals surface area contributed by atoms with Crippen LogP contribution in [0.25, 0.3) is 0 Å². The minimum absolute atomic E-state index is 0.122. The van der Waals surface area contributed by atoms with Gasteiger partial charge >= 0.3 is 0 Å². The van der Waals surface area contributed by atoms with E-state index in [2.05, 4.69) is 5.32 Å². The molecule has 0 fully saturated rings. The number of nitriles is 1. The first-order valence-electron chi connectivity index (χ1n) is 7.61. The fourth-order valence-electron chi connectivity index (χ4n) is 2.37. The maximum atomic E-state index is 12.0. The summed E-state index contributed by atoms with van der Waals surface area (Å²) in [6, 6.07) is 12.6. The van der Waals surface area contributed by atoms with Gasteiger partial charge in [-0.05, 0) is 35.9 Å². The van der Waals surface area contributed by atoms with Crippen molar-refractivity contribution in [2.45, 2.75) is 5.75 Å². The van der Waals surface area contributed by atoms with Crippen LogP contribution in [-0.4, -0.2) is 24.9 Å². The van der Waals surface area contributed by atoms with E-state index in [0.717, 1.165) is 5.56 Å². The normalized spacial score (nSPS) is 12.3. The molecule has 0 saturated heterocycles. The summed E-state index contributed by atoms with van der Waals surface area (Å²) < 4.78 is 11.0. The van der Waals surface area contributed by atoms with E-state index >= 15 is 0 Å². The molecule has 0 unspecified atom stereocenters. The van der Waals surface area contributed by atoms with Crippen LogP contribution in [0.4, 0.5) is 5.69 Å². The number of fused-ring (bicyclic) bond motifs is 1. The Balaban J connectivity index is 1.53. The van der Waals surface area contributed by atoms with Crippen LogP contribution in [-0.2, 0) is 10.5 Å². The smallest absolute Gasteiger partial charge is 0.234 e. The van der Waals surface area contributed by atoms with E-state index in [4.69, 9.17) is 26.3 Å². The largest absolute Gasteiger partial charge is 0.486 e. The van der Waals surface area contributed by atoms with Crippen LogP contribution < -0.4 is 14.8 Å². The minimum atomic E-state index is -0.122. The van der Waals surface area contributed by atoms with E-state index < -0.39 is 0 Å². The van der Waals surface area contributed by atoms with Crippen molar-refractivity contribution in [2.75, 3.05) is 24.3 Å². The molecule has 7 heteroatoms. The van der Waals surface area contributed by atoms with Crippen LogP contribution in [0, 0.1) is 11.3 Å². The molecule has 1 aliphatic heterocycles. The molecule has 0 aliphatic carbocycles. The highest BCUT2D eigenvalue weighted by Gasteiger charge is 2.16. The molecule has 0 atom stereocenters. The second-order valence-corrected chi connectivity index (χ2v) is 6.73. The number of nitrogens with zero attached hydrogens (tertiary/aromatic N) is 1. The number of hydrogen-bond donors (Lipinski definition) is 1. The summed E-state index contributed by atoms with van der Waals surface area (Å²) in [7, 11) is 0. The van der Waals surface area contributed by atoms with E-state index in [1.54, 1.807) is 24.3 Å². The monoisotopic (exact) mass is 374 g/mol. The average Bonchev–Trinajstić information content (AvgIpc) is 2.62. The van der Waals surface area contributed by atoms with Gasteiger partial charge < -0.3 is 14.8 Å². The van der Waals surface area contributed by atoms with Crippen molar-refractivity contribution in [1.29, 1.82) is 5.26 Å². The van der Waals surface area contributed by atoms with Crippen LogP contribution in [0.2, 0.25) is 5.02 Å². The quantitative estimate of drug-likeness (QED) is 0.860. The van der Waals surface area contributed by atoms with Gasteiger partial charge in [-0.3, -0.25) is 4.79 Å². The van der Waals surface area contributed by atoms with Gasteiger partial charge in [0.05, 0.1) is 22.4 Å². The lowest BCUT2D eigenvalue weighted by Crippen LogP contribution is -2.16. The van der Waals surface area contributed by atoms with Gasteiger partial charge in [0.2, 0.25) is 5.91 Å². The molecular formula is C18H15ClN2O3S. The maximum Gasteiger partial charge on any atom is 0.234 e. The zero-order valence-electron chi connectivity index (χ0n) is 13.3. The number of carbonyl (C=O) groups is 1. The number of ether oxygens (including phenoxy) is 2. The van der Waals surface area contributed by atoms with E-state index in [1.165, 1.54) is 11.8 Å². The molecule has 1 amide bonds. The van der Waals surface area contributed by atoms with Gasteiger partial charge in [0.15, 0.2) is 11.5 Å². The van der Waals surface area contributed by atoms with Crippen LogP contribution in [0.1, 0.15) is 11.1 Å². The highest BCUT2D eigenvalue weighted by molar-refractivity contribution is 7.99. The van der Waals surface area contributed by atoms with Gasteiger partial charge in [-0.15, -0.1) is 11.8 Å². The first-order valence-corrected chi connectivity index (χ1v) is 9.15. The standard InChI is InChI=1S/C18H15ClN2O3S/c19-15-7-13(8-16-18(15)24-5-4-23-16)10-25-11-17(22)21-14-3-1-2-12(6-14)9-20/h1-3,6-8H,4-5,10-11H2,(H,21,22). The third kappa shape index (κ3) is 4.59. The molecule has 1 N–H and O–H groups in total. The van der Waals surface area contributed by atoms with Crippen molar-refractivity contribution in [3.8, 4) is 17.6 Å². The summed E-state index contributed by atoms with van der Waals surface area (Å²) in [5, 5.41) is 12.2. The second kappa shape index (κ2) is 8.15. The van der Waals surface area contributed by atoms with E-state index in [1.807, 2.05) is 18.2 Å². The summed E-state index contributed by atoms with van der Waals surface area (Å²) in [6.45, 7) is 0.998. The summed E-state index contributed by atoms with van der Waals surface area (Å²) in [6.07, 6.45) is 0. The lowest BCUT2D eigenvalue weighted by Gasteiger charge is -2.20. The van der Waals surface area contributed by atoms with Crippen molar-refractivity contribution >= 4 is 35.0 Å². The fourth-order valence-corrected chi connectivity index (χ4v) is 3.42. The van der Waals surface area contributed by atoms with Gasteiger partial charge in [0.25, 0.3) is 0 Å². The van der Waals surface area contributed by atoms with Crippen molar-refractivity contribution in [1.82, 2.24) is 0 Å². The fraction of sp³-hybridized carbons (Fsp3) is 0.222. The van der Waals surface area contributed by atoms with E-state index in [9.17, 15) is 4.79 Å². The molecule has 3 rings (SSSR count). The molecule has 0 spiro atoms. The lowest BCUT2D eigenvalue weighted by molar-refractivity contribution is -0.113. The molecule has 2 aromatic rings. The third-order valence-electron chi connectivity index (χ3n) is 3.43. The molecule has 25 heavy (non-hydrogen) atoms. The Morgan fingerprint density at radius 3 is 2.96 bits per heavy atom. The first kappa shape index (κ1) is 17.5. The molecule has 1 heterocycles. The second-order valence-electron chi connectivity index (χ2n) is 5.34. The molecule has 1 aliphatic rings. The number of benzene rings is 2. The predicted octanol–water partition coefficient (Wildman–Crippen LogP) is 3.85. The molecule has 2 aromatic carbocycles. The maximum absolute atomic E-state index is 12.0. The van der Waals surface area contributed by atoms with Crippen molar-refractivity contribution in [2.24, 2.45) is 0 Å². The lowest BCUT2D eigenvalue weighted by atomic mass is 10.2. The molecular weight excluding hydrogens is 360 g/mol. The van der Waals surface area contributed by atoms with Crippen LogP contribution in [0.15, 0.2) is 36.4 Å². The van der Waals surface area contributed by atoms with Crippen molar-refractivity contribution < 1.29 is 14.3 Å². The third-order valence-corrected chi connectivity index (χ3v) is 4.72. The number of thioether (sulfide) groups is 1. The van der Waals surface area contributed by atoms with Crippen LogP contribution >= 0.6 is 23.4 Å². The highest BCUT2D eigenvalue weighted by atomic mass is 35.5. The highest BCUT2D eigenvalue weighted by Crippen LogP contribution is 2.39. The zero-order chi connectivity index (χ0) is 17.6. The first-order chi connectivity index (χ1) is 12.2. The molecule has 0 bridgehead atoms. The molecule has 0 radical (unpaired) electrons. The van der Waals surface area contributed by atoms with Crippen molar-refractivity contribution in [3.63, 3.8) is 0 Å². The SMILES string of the molecule is N#Cc1cccc(NC(=O)CSCc2cc(Cl)c3c(c2)OCCO3)c1. The Hall–Kier alpha value is -2.36. The van der Waals surface area contributed by atoms with E-state index in [0.29, 0.717) is 52.5 Å². The summed E-state index contributed by atoms with van der Waals surface area (Å²) in [4.78, 5) is 12.0. The number of halogens is 1. The summed E-state index contributed by atoms with van der Waals surface area (Å²) in [5.41, 5.74) is 2.10. The minimum Gasteiger partial charge on any atom is -0.486 e. The van der Waals surface area contributed by atoms with Crippen molar-refractivity contribution in [3.05, 3.63) is 52.5 Å². The average molecular weight is 375 g/mol. The molecule has 0 aromatic heterocycles.